The average molecular weight is 257 g/mol. The van der Waals surface area contributed by atoms with E-state index in [0.29, 0.717) is 5.69 Å². The molecule has 0 fully saturated rings. The lowest BCUT2D eigenvalue weighted by molar-refractivity contribution is 0.114. The van der Waals surface area contributed by atoms with Gasteiger partial charge in [-0.15, -0.1) is 0 Å². The third-order valence-electron chi connectivity index (χ3n) is 1.84. The number of carbonyl (C=O) groups is 1. The molecule has 94 valence electrons. The van der Waals surface area contributed by atoms with Gasteiger partial charge in [0.05, 0.1) is 5.69 Å². The van der Waals surface area contributed by atoms with Crippen molar-refractivity contribution >= 4 is 24.1 Å². The lowest BCUT2D eigenvalue weighted by Crippen LogP contribution is -2.26. The molecular formula is C10H15N3O3S. The average Bonchev–Trinajstić information content (AvgIpc) is 2.76. The fourth-order valence-corrected chi connectivity index (χ4v) is 1.64. The molecule has 1 N–H and O–H groups in total. The van der Waals surface area contributed by atoms with E-state index >= 15 is 0 Å². The number of hydrogen-bond acceptors (Lipinski definition) is 5. The first-order valence-electron chi connectivity index (χ1n) is 4.85. The molecule has 0 saturated carbocycles. The first-order chi connectivity index (χ1) is 8.21. The minimum Gasteiger partial charge on any atom is -0.443 e. The van der Waals surface area contributed by atoms with Crippen molar-refractivity contribution in [1.29, 1.82) is 0 Å². The van der Waals surface area contributed by atoms with Gasteiger partial charge in [0, 0.05) is 19.5 Å². The van der Waals surface area contributed by atoms with E-state index in [-0.39, 0.29) is 13.3 Å². The molecule has 0 aromatic carbocycles. The molecule has 1 rings (SSSR count). The number of methoxy groups -OCH3 is 1. The second-order valence-corrected chi connectivity index (χ2v) is 3.77. The number of carbonyl (C=O) groups excluding carboxylic acids is 1. The number of hydrogen-bond donors (Lipinski definition) is 1. The lowest BCUT2D eigenvalue weighted by atomic mass is 10.5. The number of nitrogens with one attached hydrogen (secondary N) is 1. The summed E-state index contributed by atoms with van der Waals surface area (Å²) >= 11 is 1.49. The highest BCUT2D eigenvalue weighted by Gasteiger charge is 2.07. The number of amides is 1. The van der Waals surface area contributed by atoms with Crippen LogP contribution in [-0.2, 0) is 16.1 Å². The van der Waals surface area contributed by atoms with Crippen LogP contribution >= 0.6 is 11.8 Å². The first kappa shape index (κ1) is 13.6. The highest BCUT2D eigenvalue weighted by Crippen LogP contribution is 2.15. The van der Waals surface area contributed by atoms with E-state index in [1.807, 2.05) is 6.26 Å². The molecule has 0 aliphatic carbocycles. The molecule has 0 spiro atoms. The number of ether oxygens (including phenoxy) is 2. The van der Waals surface area contributed by atoms with Crippen LogP contribution in [0.5, 0.6) is 0 Å². The Kier molecular flexibility index (Phi) is 5.58. The highest BCUT2D eigenvalue weighted by molar-refractivity contribution is 7.98. The zero-order valence-electron chi connectivity index (χ0n) is 9.80. The summed E-state index contributed by atoms with van der Waals surface area (Å²) in [5, 5.41) is 3.21. The molecule has 6 nitrogen and oxygen atoms in total. The smallest absolute Gasteiger partial charge is 0.409 e. The quantitative estimate of drug-likeness (QED) is 0.618. The summed E-state index contributed by atoms with van der Waals surface area (Å²) in [5.74, 6) is 0. The molecule has 7 heteroatoms. The van der Waals surface area contributed by atoms with Crippen LogP contribution in [-0.4, -0.2) is 35.7 Å². The fraction of sp³-hybridized carbons (Fsp3) is 0.400. The Morgan fingerprint density at radius 2 is 2.53 bits per heavy atom. The summed E-state index contributed by atoms with van der Waals surface area (Å²) in [6, 6.07) is 0. The van der Waals surface area contributed by atoms with E-state index in [1.165, 1.54) is 18.9 Å². The molecule has 0 unspecified atom stereocenters. The molecule has 1 amide bonds. The van der Waals surface area contributed by atoms with E-state index in [1.54, 1.807) is 17.0 Å². The fourth-order valence-electron chi connectivity index (χ4n) is 1.10. The van der Waals surface area contributed by atoms with Gasteiger partial charge in [-0.25, -0.2) is 9.78 Å². The van der Waals surface area contributed by atoms with Crippen molar-refractivity contribution in [2.75, 3.05) is 20.1 Å². The summed E-state index contributed by atoms with van der Waals surface area (Å²) < 4.78 is 11.4. The number of rotatable bonds is 6. The van der Waals surface area contributed by atoms with Crippen LogP contribution in [0.4, 0.5) is 4.79 Å². The largest absolute Gasteiger partial charge is 0.443 e. The minimum absolute atomic E-state index is 0.115. The molecule has 1 aromatic heterocycles. The SMILES string of the molecule is C=Cn1cc(COC(=O)NCOC)nc1SC. The van der Waals surface area contributed by atoms with Crippen LogP contribution in [0.2, 0.25) is 0 Å². The van der Waals surface area contributed by atoms with Crippen molar-refractivity contribution in [1.82, 2.24) is 14.9 Å². The van der Waals surface area contributed by atoms with Gasteiger partial charge in [0.25, 0.3) is 0 Å². The summed E-state index contributed by atoms with van der Waals surface area (Å²) in [5.41, 5.74) is 0.668. The number of nitrogens with zero attached hydrogens (tertiary/aromatic N) is 2. The predicted octanol–water partition coefficient (Wildman–Crippen LogP) is 1.54. The van der Waals surface area contributed by atoms with Crippen LogP contribution in [0, 0.1) is 0 Å². The van der Waals surface area contributed by atoms with E-state index < -0.39 is 6.09 Å². The number of thioether (sulfide) groups is 1. The van der Waals surface area contributed by atoms with E-state index in [2.05, 4.69) is 21.6 Å². The summed E-state index contributed by atoms with van der Waals surface area (Å²) in [6.45, 7) is 3.90. The molecule has 0 radical (unpaired) electrons. The molecule has 17 heavy (non-hydrogen) atoms. The van der Waals surface area contributed by atoms with Crippen LogP contribution in [0.25, 0.3) is 6.20 Å². The van der Waals surface area contributed by atoms with Crippen LogP contribution < -0.4 is 5.32 Å². The van der Waals surface area contributed by atoms with Crippen molar-refractivity contribution in [2.24, 2.45) is 0 Å². The van der Waals surface area contributed by atoms with Crippen molar-refractivity contribution < 1.29 is 14.3 Å². The minimum atomic E-state index is -0.536. The molecule has 0 atom stereocenters. The summed E-state index contributed by atoms with van der Waals surface area (Å²) in [7, 11) is 1.48. The Morgan fingerprint density at radius 1 is 1.76 bits per heavy atom. The molecule has 0 aliphatic rings. The predicted molar refractivity (Wildman–Crippen MR) is 65.6 cm³/mol. The molecule has 0 saturated heterocycles. The normalized spacial score (nSPS) is 10.0. The van der Waals surface area contributed by atoms with Gasteiger partial charge in [0.1, 0.15) is 13.3 Å². The molecule has 0 aliphatic heterocycles. The third-order valence-corrected chi connectivity index (χ3v) is 2.51. The van der Waals surface area contributed by atoms with Crippen molar-refractivity contribution in [3.8, 4) is 0 Å². The van der Waals surface area contributed by atoms with Crippen LogP contribution in [0.3, 0.4) is 0 Å². The zero-order valence-corrected chi connectivity index (χ0v) is 10.6. The lowest BCUT2D eigenvalue weighted by Gasteiger charge is -2.03. The van der Waals surface area contributed by atoms with Gasteiger partial charge in [0.15, 0.2) is 5.16 Å². The monoisotopic (exact) mass is 257 g/mol. The van der Waals surface area contributed by atoms with Gasteiger partial charge in [0.2, 0.25) is 0 Å². The van der Waals surface area contributed by atoms with Gasteiger partial charge >= 0.3 is 6.09 Å². The second kappa shape index (κ2) is 6.97. The maximum Gasteiger partial charge on any atom is 0.409 e. The van der Waals surface area contributed by atoms with Crippen LogP contribution in [0.15, 0.2) is 17.9 Å². The van der Waals surface area contributed by atoms with Crippen molar-refractivity contribution in [3.05, 3.63) is 18.5 Å². The summed E-state index contributed by atoms with van der Waals surface area (Å²) in [4.78, 5) is 15.4. The number of imidazole rings is 1. The Morgan fingerprint density at radius 3 is 3.06 bits per heavy atom. The number of aromatic nitrogens is 2. The van der Waals surface area contributed by atoms with E-state index in [4.69, 9.17) is 4.74 Å². The van der Waals surface area contributed by atoms with Gasteiger partial charge in [-0.3, -0.25) is 5.32 Å². The zero-order chi connectivity index (χ0) is 12.7. The molecule has 1 aromatic rings. The standard InChI is InChI=1S/C10H15N3O3S/c1-4-13-5-8(12-9(13)17-3)6-16-10(14)11-7-15-2/h4-5H,1,6-7H2,2-3H3,(H,11,14). The Labute approximate surface area is 104 Å². The van der Waals surface area contributed by atoms with E-state index in [0.717, 1.165) is 5.16 Å². The third kappa shape index (κ3) is 4.12. The van der Waals surface area contributed by atoms with Gasteiger partial charge in [-0.1, -0.05) is 18.3 Å². The van der Waals surface area contributed by atoms with Gasteiger partial charge in [-0.05, 0) is 6.26 Å². The second-order valence-electron chi connectivity index (χ2n) is 2.99. The maximum absolute atomic E-state index is 11.1. The van der Waals surface area contributed by atoms with E-state index in [9.17, 15) is 4.79 Å². The maximum atomic E-state index is 11.1. The highest BCUT2D eigenvalue weighted by atomic mass is 32.2. The summed E-state index contributed by atoms with van der Waals surface area (Å²) in [6.07, 6.45) is 4.79. The van der Waals surface area contributed by atoms with Gasteiger partial charge in [-0.2, -0.15) is 0 Å². The van der Waals surface area contributed by atoms with Crippen LogP contribution in [0.1, 0.15) is 5.69 Å². The van der Waals surface area contributed by atoms with Crippen molar-refractivity contribution in [2.45, 2.75) is 11.8 Å². The molecule has 1 heterocycles. The van der Waals surface area contributed by atoms with Crippen molar-refractivity contribution in [3.63, 3.8) is 0 Å². The molecule has 0 bridgehead atoms. The molecular weight excluding hydrogens is 242 g/mol. The van der Waals surface area contributed by atoms with Gasteiger partial charge < -0.3 is 14.0 Å². The first-order valence-corrected chi connectivity index (χ1v) is 6.07. The topological polar surface area (TPSA) is 65.4 Å². The number of alkyl carbamates (subject to hydrolysis) is 1. The Hall–Kier alpha value is -1.47. The Bertz CT molecular complexity index is 392. The Balaban J connectivity index is 2.49.